The van der Waals surface area contributed by atoms with Gasteiger partial charge in [0.1, 0.15) is 17.9 Å². The lowest BCUT2D eigenvalue weighted by atomic mass is 10.2. The van der Waals surface area contributed by atoms with Crippen LogP contribution in [-0.2, 0) is 24.3 Å². The maximum absolute atomic E-state index is 5.71. The van der Waals surface area contributed by atoms with Gasteiger partial charge in [-0.1, -0.05) is 19.1 Å². The minimum Gasteiger partial charge on any atom is -0.497 e. The lowest BCUT2D eigenvalue weighted by molar-refractivity contribution is 0.119. The van der Waals surface area contributed by atoms with Crippen LogP contribution in [0.3, 0.4) is 0 Å². The molecule has 0 unspecified atom stereocenters. The number of methoxy groups -OCH3 is 1. The van der Waals surface area contributed by atoms with E-state index in [1.54, 1.807) is 20.5 Å². The summed E-state index contributed by atoms with van der Waals surface area (Å²) < 4.78 is 12.9. The molecule has 0 saturated heterocycles. The van der Waals surface area contributed by atoms with E-state index in [0.717, 1.165) is 55.6 Å². The quantitative estimate of drug-likeness (QED) is 0.353. The van der Waals surface area contributed by atoms with E-state index >= 15 is 0 Å². The smallest absolute Gasteiger partial charge is 0.191 e. The Morgan fingerprint density at radius 1 is 1.19 bits per heavy atom. The lowest BCUT2D eigenvalue weighted by Crippen LogP contribution is -2.39. The van der Waals surface area contributed by atoms with E-state index in [9.17, 15) is 0 Å². The summed E-state index contributed by atoms with van der Waals surface area (Å²) in [5.74, 6) is 2.64. The molecule has 2 rings (SSSR count). The zero-order chi connectivity index (χ0) is 19.3. The molecule has 0 bridgehead atoms. The molecule has 1 aromatic carbocycles. The van der Waals surface area contributed by atoms with Gasteiger partial charge in [-0.15, -0.1) is 10.2 Å². The Morgan fingerprint density at radius 2 is 1.96 bits per heavy atom. The van der Waals surface area contributed by atoms with Crippen LogP contribution in [0.2, 0.25) is 0 Å². The predicted octanol–water partition coefficient (Wildman–Crippen LogP) is 1.62. The fourth-order valence-corrected chi connectivity index (χ4v) is 2.55. The van der Waals surface area contributed by atoms with Crippen LogP contribution in [-0.4, -0.2) is 54.6 Å². The molecule has 2 N–H and O–H groups in total. The third-order valence-electron chi connectivity index (χ3n) is 4.07. The van der Waals surface area contributed by atoms with Gasteiger partial charge < -0.3 is 24.7 Å². The molecule has 0 radical (unpaired) electrons. The first kappa shape index (κ1) is 20.7. The van der Waals surface area contributed by atoms with Gasteiger partial charge in [0.05, 0.1) is 13.7 Å². The summed E-state index contributed by atoms with van der Waals surface area (Å²) >= 11 is 0. The molecule has 0 spiro atoms. The maximum atomic E-state index is 5.71. The summed E-state index contributed by atoms with van der Waals surface area (Å²) in [6.07, 6.45) is 3.54. The Morgan fingerprint density at radius 3 is 2.67 bits per heavy atom. The molecule has 0 atom stereocenters. The lowest BCUT2D eigenvalue weighted by Gasteiger charge is -2.12. The van der Waals surface area contributed by atoms with Crippen LogP contribution >= 0.6 is 0 Å². The van der Waals surface area contributed by atoms with Crippen molar-refractivity contribution in [2.24, 2.45) is 4.99 Å². The van der Waals surface area contributed by atoms with E-state index in [1.165, 1.54) is 0 Å². The fourth-order valence-electron chi connectivity index (χ4n) is 2.55. The van der Waals surface area contributed by atoms with Crippen molar-refractivity contribution in [2.45, 2.75) is 32.9 Å². The van der Waals surface area contributed by atoms with Crippen molar-refractivity contribution >= 4 is 5.96 Å². The largest absolute Gasteiger partial charge is 0.497 e. The van der Waals surface area contributed by atoms with E-state index in [2.05, 4.69) is 32.7 Å². The highest BCUT2D eigenvalue weighted by atomic mass is 16.5. The second-order valence-electron chi connectivity index (χ2n) is 5.97. The average molecular weight is 374 g/mol. The highest BCUT2D eigenvalue weighted by Crippen LogP contribution is 2.11. The molecule has 1 aromatic heterocycles. The Hall–Kier alpha value is -2.61. The molecular weight excluding hydrogens is 344 g/mol. The van der Waals surface area contributed by atoms with Crippen molar-refractivity contribution in [1.29, 1.82) is 0 Å². The van der Waals surface area contributed by atoms with Crippen LogP contribution in [0.5, 0.6) is 5.75 Å². The number of aliphatic imine (C=N–C) groups is 1. The molecule has 0 aliphatic carbocycles. The number of aryl methyl sites for hydroxylation is 1. The molecule has 0 aliphatic heterocycles. The van der Waals surface area contributed by atoms with Gasteiger partial charge in [-0.2, -0.15) is 0 Å². The van der Waals surface area contributed by atoms with E-state index in [1.807, 2.05) is 28.8 Å². The van der Waals surface area contributed by atoms with Crippen LogP contribution < -0.4 is 15.4 Å². The second-order valence-corrected chi connectivity index (χ2v) is 5.97. The van der Waals surface area contributed by atoms with Crippen molar-refractivity contribution in [3.63, 3.8) is 0 Å². The third kappa shape index (κ3) is 7.26. The van der Waals surface area contributed by atoms with Crippen molar-refractivity contribution in [3.05, 3.63) is 42.0 Å². The fraction of sp³-hybridized carbons (Fsp3) is 0.526. The first-order chi connectivity index (χ1) is 13.3. The van der Waals surface area contributed by atoms with Crippen LogP contribution in [0.4, 0.5) is 0 Å². The Bertz CT molecular complexity index is 684. The predicted molar refractivity (Wildman–Crippen MR) is 106 cm³/mol. The average Bonchev–Trinajstić information content (AvgIpc) is 3.17. The van der Waals surface area contributed by atoms with Gasteiger partial charge in [0.25, 0.3) is 0 Å². The van der Waals surface area contributed by atoms with Crippen LogP contribution in [0.1, 0.15) is 24.7 Å². The molecular formula is C19H30N6O2. The normalized spacial score (nSPS) is 11.4. The third-order valence-corrected chi connectivity index (χ3v) is 4.07. The summed E-state index contributed by atoms with van der Waals surface area (Å²) in [6, 6.07) is 7.92. The number of guanidine groups is 1. The van der Waals surface area contributed by atoms with Crippen molar-refractivity contribution in [2.75, 3.05) is 33.9 Å². The van der Waals surface area contributed by atoms with E-state index in [0.29, 0.717) is 13.2 Å². The highest BCUT2D eigenvalue weighted by Gasteiger charge is 2.02. The molecule has 2 aromatic rings. The maximum Gasteiger partial charge on any atom is 0.191 e. The number of aromatic nitrogens is 3. The van der Waals surface area contributed by atoms with Crippen LogP contribution in [0.15, 0.2) is 35.6 Å². The zero-order valence-electron chi connectivity index (χ0n) is 16.4. The number of nitrogens with one attached hydrogen (secondary N) is 2. The number of hydrogen-bond donors (Lipinski definition) is 2. The number of benzene rings is 1. The molecule has 1 heterocycles. The van der Waals surface area contributed by atoms with E-state index in [-0.39, 0.29) is 0 Å². The molecule has 8 heteroatoms. The van der Waals surface area contributed by atoms with Crippen molar-refractivity contribution < 1.29 is 9.47 Å². The summed E-state index contributed by atoms with van der Waals surface area (Å²) in [6.45, 7) is 5.74. The number of hydrogen-bond acceptors (Lipinski definition) is 5. The summed E-state index contributed by atoms with van der Waals surface area (Å²) in [5, 5.41) is 14.6. The summed E-state index contributed by atoms with van der Waals surface area (Å²) in [7, 11) is 3.43. The van der Waals surface area contributed by atoms with Gasteiger partial charge in [-0.05, 0) is 24.1 Å². The molecule has 148 valence electrons. The van der Waals surface area contributed by atoms with Crippen LogP contribution in [0.25, 0.3) is 0 Å². The van der Waals surface area contributed by atoms with Crippen molar-refractivity contribution in [1.82, 2.24) is 25.4 Å². The Balaban J connectivity index is 1.55. The highest BCUT2D eigenvalue weighted by molar-refractivity contribution is 5.79. The summed E-state index contributed by atoms with van der Waals surface area (Å²) in [4.78, 5) is 4.23. The van der Waals surface area contributed by atoms with Gasteiger partial charge in [-0.3, -0.25) is 4.99 Å². The summed E-state index contributed by atoms with van der Waals surface area (Å²) in [5.41, 5.74) is 1.14. The van der Waals surface area contributed by atoms with Crippen molar-refractivity contribution in [3.8, 4) is 5.75 Å². The molecule has 8 nitrogen and oxygen atoms in total. The first-order valence-corrected chi connectivity index (χ1v) is 9.28. The van der Waals surface area contributed by atoms with Crippen LogP contribution in [0, 0.1) is 0 Å². The van der Waals surface area contributed by atoms with Gasteiger partial charge in [-0.25, -0.2) is 0 Å². The van der Waals surface area contributed by atoms with Gasteiger partial charge in [0, 0.05) is 39.7 Å². The number of nitrogens with zero attached hydrogens (tertiary/aromatic N) is 4. The minimum absolute atomic E-state index is 0.607. The molecule has 0 amide bonds. The minimum atomic E-state index is 0.607. The SMILES string of the molecule is CCc1nncn1CCNC(=NC)NCCCOCc1ccc(OC)cc1. The topological polar surface area (TPSA) is 85.6 Å². The standard InChI is InChI=1S/C19H30N6O2/c1-4-18-24-23-15-25(18)12-11-22-19(20-2)21-10-5-13-27-14-16-6-8-17(26-3)9-7-16/h6-9,15H,4-5,10-14H2,1-3H3,(H2,20,21,22). The second kappa shape index (κ2) is 11.9. The zero-order valence-corrected chi connectivity index (χ0v) is 16.4. The Kier molecular flexibility index (Phi) is 9.12. The molecule has 0 saturated carbocycles. The van der Waals surface area contributed by atoms with Gasteiger partial charge in [0.15, 0.2) is 5.96 Å². The van der Waals surface area contributed by atoms with Gasteiger partial charge in [0.2, 0.25) is 0 Å². The number of rotatable bonds is 11. The number of ether oxygens (including phenoxy) is 2. The van der Waals surface area contributed by atoms with E-state index in [4.69, 9.17) is 9.47 Å². The molecule has 0 aliphatic rings. The first-order valence-electron chi connectivity index (χ1n) is 9.28. The Labute approximate surface area is 161 Å². The molecule has 0 fully saturated rings. The van der Waals surface area contributed by atoms with Gasteiger partial charge >= 0.3 is 0 Å². The van der Waals surface area contributed by atoms with E-state index < -0.39 is 0 Å². The monoisotopic (exact) mass is 374 g/mol. The molecule has 27 heavy (non-hydrogen) atoms.